The molecule has 0 aliphatic rings. The second kappa shape index (κ2) is 3.93. The molecule has 0 aliphatic carbocycles. The SMILES string of the molecule is O=S(=O)(F)CCOC(F)(F)C(F)(F)F. The van der Waals surface area contributed by atoms with Crippen molar-refractivity contribution in [3.63, 3.8) is 0 Å². The molecular weight excluding hydrogens is 242 g/mol. The van der Waals surface area contributed by atoms with Gasteiger partial charge in [-0.05, 0) is 0 Å². The third-order valence-corrected chi connectivity index (χ3v) is 1.59. The average Bonchev–Trinajstić information content (AvgIpc) is 1.80. The molecule has 0 bridgehead atoms. The Hall–Kier alpha value is -0.510. The van der Waals surface area contributed by atoms with Gasteiger partial charge in [0.05, 0.1) is 6.61 Å². The maximum absolute atomic E-state index is 11.8. The summed E-state index contributed by atoms with van der Waals surface area (Å²) >= 11 is 0. The number of alkyl halides is 5. The van der Waals surface area contributed by atoms with Crippen molar-refractivity contribution in [2.45, 2.75) is 12.3 Å². The summed E-state index contributed by atoms with van der Waals surface area (Å²) in [4.78, 5) is 0. The fourth-order valence-corrected chi connectivity index (χ4v) is 0.634. The molecular formula is C4H4F6O3S. The number of halogens is 6. The molecule has 0 atom stereocenters. The van der Waals surface area contributed by atoms with Crippen LogP contribution in [0.25, 0.3) is 0 Å². The first-order valence-corrected chi connectivity index (χ1v) is 4.52. The minimum absolute atomic E-state index is 1.56. The molecule has 0 aromatic carbocycles. The Morgan fingerprint density at radius 1 is 1.07 bits per heavy atom. The second-order valence-corrected chi connectivity index (χ2v) is 3.59. The van der Waals surface area contributed by atoms with E-state index < -0.39 is 34.9 Å². The summed E-state index contributed by atoms with van der Waals surface area (Å²) in [6.45, 7) is -1.58. The van der Waals surface area contributed by atoms with Gasteiger partial charge in [0, 0.05) is 0 Å². The summed E-state index contributed by atoms with van der Waals surface area (Å²) in [7, 11) is -5.12. The van der Waals surface area contributed by atoms with Gasteiger partial charge >= 0.3 is 22.5 Å². The summed E-state index contributed by atoms with van der Waals surface area (Å²) in [5.41, 5.74) is 0. The minimum atomic E-state index is -5.95. The molecule has 14 heavy (non-hydrogen) atoms. The van der Waals surface area contributed by atoms with Gasteiger partial charge in [-0.25, -0.2) is 0 Å². The van der Waals surface area contributed by atoms with E-state index >= 15 is 0 Å². The van der Waals surface area contributed by atoms with Gasteiger partial charge in [-0.15, -0.1) is 3.89 Å². The monoisotopic (exact) mass is 246 g/mol. The topological polar surface area (TPSA) is 43.4 Å². The number of hydrogen-bond donors (Lipinski definition) is 0. The summed E-state index contributed by atoms with van der Waals surface area (Å²) in [5.74, 6) is -1.56. The Morgan fingerprint density at radius 2 is 1.50 bits per heavy atom. The molecule has 0 saturated carbocycles. The molecule has 0 heterocycles. The second-order valence-electron chi connectivity index (χ2n) is 2.11. The van der Waals surface area contributed by atoms with Crippen LogP contribution in [0.3, 0.4) is 0 Å². The van der Waals surface area contributed by atoms with E-state index in [1.807, 2.05) is 0 Å². The van der Waals surface area contributed by atoms with Gasteiger partial charge < -0.3 is 4.74 Å². The third kappa shape index (κ3) is 4.65. The Labute approximate surface area is 74.9 Å². The molecule has 0 spiro atoms. The first-order valence-electron chi connectivity index (χ1n) is 2.96. The molecule has 86 valence electrons. The van der Waals surface area contributed by atoms with Crippen LogP contribution < -0.4 is 0 Å². The molecule has 0 rings (SSSR count). The van der Waals surface area contributed by atoms with Crippen molar-refractivity contribution in [1.29, 1.82) is 0 Å². The molecule has 10 heteroatoms. The van der Waals surface area contributed by atoms with E-state index in [0.717, 1.165) is 0 Å². The van der Waals surface area contributed by atoms with Crippen LogP contribution in [0.4, 0.5) is 25.8 Å². The van der Waals surface area contributed by atoms with E-state index in [0.29, 0.717) is 0 Å². The smallest absolute Gasteiger partial charge is 0.312 e. The van der Waals surface area contributed by atoms with Crippen molar-refractivity contribution in [2.75, 3.05) is 12.4 Å². The zero-order valence-corrected chi connectivity index (χ0v) is 7.13. The highest BCUT2D eigenvalue weighted by Crippen LogP contribution is 2.36. The van der Waals surface area contributed by atoms with Crippen molar-refractivity contribution in [2.24, 2.45) is 0 Å². The lowest BCUT2D eigenvalue weighted by Crippen LogP contribution is -2.40. The highest BCUT2D eigenvalue weighted by Gasteiger charge is 2.59. The highest BCUT2D eigenvalue weighted by atomic mass is 32.3. The normalized spacial score (nSPS) is 14.4. The van der Waals surface area contributed by atoms with Gasteiger partial charge in [-0.3, -0.25) is 0 Å². The van der Waals surface area contributed by atoms with Crippen molar-refractivity contribution in [3.05, 3.63) is 0 Å². The van der Waals surface area contributed by atoms with Gasteiger partial charge in [0.1, 0.15) is 5.75 Å². The molecule has 0 aromatic heterocycles. The number of rotatable bonds is 4. The quantitative estimate of drug-likeness (QED) is 0.557. The molecule has 0 saturated heterocycles. The summed E-state index contributed by atoms with van der Waals surface area (Å²) in [6.07, 6.45) is -11.4. The van der Waals surface area contributed by atoms with Crippen LogP contribution >= 0.6 is 0 Å². The van der Waals surface area contributed by atoms with Crippen molar-refractivity contribution in [1.82, 2.24) is 0 Å². The Balaban J connectivity index is 4.15. The van der Waals surface area contributed by atoms with Gasteiger partial charge in [-0.1, -0.05) is 0 Å². The molecule has 0 radical (unpaired) electrons. The van der Waals surface area contributed by atoms with Crippen LogP contribution in [0.5, 0.6) is 0 Å². The van der Waals surface area contributed by atoms with Crippen LogP contribution in [0, 0.1) is 0 Å². The lowest BCUT2D eigenvalue weighted by molar-refractivity contribution is -0.389. The van der Waals surface area contributed by atoms with E-state index in [1.165, 1.54) is 0 Å². The number of hydrogen-bond acceptors (Lipinski definition) is 3. The molecule has 0 aliphatic heterocycles. The van der Waals surface area contributed by atoms with Crippen molar-refractivity contribution in [3.8, 4) is 0 Å². The van der Waals surface area contributed by atoms with E-state index in [2.05, 4.69) is 4.74 Å². The summed E-state index contributed by atoms with van der Waals surface area (Å²) in [6, 6.07) is 0. The van der Waals surface area contributed by atoms with Crippen LogP contribution in [0.1, 0.15) is 0 Å². The zero-order valence-electron chi connectivity index (χ0n) is 6.31. The van der Waals surface area contributed by atoms with Gasteiger partial charge in [-0.2, -0.15) is 30.4 Å². The Kier molecular flexibility index (Phi) is 3.78. The van der Waals surface area contributed by atoms with Crippen molar-refractivity contribution < 1.29 is 39.0 Å². The lowest BCUT2D eigenvalue weighted by Gasteiger charge is -2.18. The summed E-state index contributed by atoms with van der Waals surface area (Å²) in [5, 5.41) is 0. The van der Waals surface area contributed by atoms with Crippen LogP contribution in [0.15, 0.2) is 0 Å². The van der Waals surface area contributed by atoms with E-state index in [1.54, 1.807) is 0 Å². The Bertz CT molecular complexity index is 280. The van der Waals surface area contributed by atoms with Gasteiger partial charge in [0.15, 0.2) is 0 Å². The average molecular weight is 246 g/mol. The first-order chi connectivity index (χ1) is 5.96. The summed E-state index contributed by atoms with van der Waals surface area (Å²) < 4.78 is 91.6. The molecule has 0 amide bonds. The lowest BCUT2D eigenvalue weighted by atomic mass is 10.6. The zero-order chi connectivity index (χ0) is 11.6. The van der Waals surface area contributed by atoms with Crippen LogP contribution in [-0.4, -0.2) is 33.1 Å². The van der Waals surface area contributed by atoms with E-state index in [9.17, 15) is 34.3 Å². The molecule has 0 fully saturated rings. The molecule has 0 N–H and O–H groups in total. The van der Waals surface area contributed by atoms with E-state index in [-0.39, 0.29) is 0 Å². The minimum Gasteiger partial charge on any atom is -0.312 e. The fraction of sp³-hybridized carbons (Fsp3) is 1.00. The predicted molar refractivity (Wildman–Crippen MR) is 31.8 cm³/mol. The number of ether oxygens (including phenoxy) is 1. The fourth-order valence-electron chi connectivity index (χ4n) is 0.351. The van der Waals surface area contributed by atoms with Crippen LogP contribution in [-0.2, 0) is 15.0 Å². The maximum Gasteiger partial charge on any atom is 0.482 e. The largest absolute Gasteiger partial charge is 0.482 e. The predicted octanol–water partition coefficient (Wildman–Crippen LogP) is 1.46. The van der Waals surface area contributed by atoms with E-state index in [4.69, 9.17) is 0 Å². The highest BCUT2D eigenvalue weighted by molar-refractivity contribution is 7.86. The van der Waals surface area contributed by atoms with Gasteiger partial charge in [0.25, 0.3) is 0 Å². The standard InChI is InChI=1S/C4H4F6O3S/c5-3(6,7)4(8,9)13-1-2-14(10,11)12/h1-2H2. The van der Waals surface area contributed by atoms with Crippen LogP contribution in [0.2, 0.25) is 0 Å². The third-order valence-electron chi connectivity index (χ3n) is 0.941. The Morgan fingerprint density at radius 3 is 1.79 bits per heavy atom. The molecule has 3 nitrogen and oxygen atoms in total. The van der Waals surface area contributed by atoms with Gasteiger partial charge in [0.2, 0.25) is 0 Å². The maximum atomic E-state index is 11.8. The van der Waals surface area contributed by atoms with Crippen molar-refractivity contribution >= 4 is 10.2 Å². The molecule has 0 unspecified atom stereocenters. The molecule has 0 aromatic rings. The first kappa shape index (κ1) is 13.5.